The highest BCUT2D eigenvalue weighted by molar-refractivity contribution is 5.92. The summed E-state index contributed by atoms with van der Waals surface area (Å²) in [7, 11) is 0. The Morgan fingerprint density at radius 3 is 2.48 bits per heavy atom. The molecule has 25 heavy (non-hydrogen) atoms. The average Bonchev–Trinajstić information content (AvgIpc) is 2.63. The predicted molar refractivity (Wildman–Crippen MR) is 94.1 cm³/mol. The molecular formula is C19H17FN4O. The first-order valence-corrected chi connectivity index (χ1v) is 7.81. The van der Waals surface area contributed by atoms with Gasteiger partial charge in [-0.1, -0.05) is 36.4 Å². The van der Waals surface area contributed by atoms with E-state index in [1.165, 1.54) is 6.07 Å². The van der Waals surface area contributed by atoms with Gasteiger partial charge in [-0.05, 0) is 36.8 Å². The quantitative estimate of drug-likeness (QED) is 0.747. The number of carbonyl (C=O) groups excluding carboxylic acids is 1. The second-order valence-electron chi connectivity index (χ2n) is 5.52. The van der Waals surface area contributed by atoms with E-state index in [1.54, 1.807) is 30.3 Å². The standard InChI is InChI=1S/C19H17FN4O/c1-13-6-2-5-9-16(13)22-18-11-10-17(23-24-18)19(25)21-12-14-7-3-4-8-15(14)20/h2-11H,12H2,1H3,(H,21,25)(H,22,24). The molecule has 2 aromatic carbocycles. The predicted octanol–water partition coefficient (Wildman–Crippen LogP) is 3.60. The third kappa shape index (κ3) is 4.17. The Hall–Kier alpha value is -3.28. The molecule has 3 aromatic rings. The van der Waals surface area contributed by atoms with Crippen LogP contribution in [-0.2, 0) is 6.54 Å². The van der Waals surface area contributed by atoms with Gasteiger partial charge in [0.05, 0.1) is 0 Å². The van der Waals surface area contributed by atoms with E-state index in [2.05, 4.69) is 20.8 Å². The van der Waals surface area contributed by atoms with E-state index in [9.17, 15) is 9.18 Å². The van der Waals surface area contributed by atoms with E-state index in [-0.39, 0.29) is 18.1 Å². The summed E-state index contributed by atoms with van der Waals surface area (Å²) in [5.74, 6) is -0.218. The first-order chi connectivity index (χ1) is 12.1. The Balaban J connectivity index is 1.63. The zero-order chi connectivity index (χ0) is 17.6. The van der Waals surface area contributed by atoms with Crippen LogP contribution in [0.25, 0.3) is 0 Å². The number of aryl methyl sites for hydroxylation is 1. The normalized spacial score (nSPS) is 10.3. The number of hydrogen-bond donors (Lipinski definition) is 2. The molecule has 0 radical (unpaired) electrons. The van der Waals surface area contributed by atoms with Crippen LogP contribution in [0.5, 0.6) is 0 Å². The Bertz CT molecular complexity index is 881. The van der Waals surface area contributed by atoms with Crippen molar-refractivity contribution in [2.24, 2.45) is 0 Å². The molecule has 0 saturated heterocycles. The van der Waals surface area contributed by atoms with Gasteiger partial charge in [0.15, 0.2) is 11.5 Å². The van der Waals surface area contributed by atoms with Gasteiger partial charge in [-0.15, -0.1) is 10.2 Å². The van der Waals surface area contributed by atoms with Crippen molar-refractivity contribution >= 4 is 17.4 Å². The van der Waals surface area contributed by atoms with Crippen molar-refractivity contribution < 1.29 is 9.18 Å². The summed E-state index contributed by atoms with van der Waals surface area (Å²) in [5.41, 5.74) is 2.60. The lowest BCUT2D eigenvalue weighted by molar-refractivity contribution is 0.0944. The van der Waals surface area contributed by atoms with E-state index < -0.39 is 5.91 Å². The lowest BCUT2D eigenvalue weighted by atomic mass is 10.2. The summed E-state index contributed by atoms with van der Waals surface area (Å²) in [6.07, 6.45) is 0. The summed E-state index contributed by atoms with van der Waals surface area (Å²) in [5, 5.41) is 13.7. The van der Waals surface area contributed by atoms with Gasteiger partial charge in [-0.2, -0.15) is 0 Å². The summed E-state index contributed by atoms with van der Waals surface area (Å²) in [4.78, 5) is 12.1. The summed E-state index contributed by atoms with van der Waals surface area (Å²) >= 11 is 0. The van der Waals surface area contributed by atoms with Crippen LogP contribution in [0.4, 0.5) is 15.9 Å². The van der Waals surface area contributed by atoms with Crippen LogP contribution in [0.2, 0.25) is 0 Å². The molecule has 1 amide bonds. The lowest BCUT2D eigenvalue weighted by Gasteiger charge is -2.08. The van der Waals surface area contributed by atoms with Crippen molar-refractivity contribution in [2.75, 3.05) is 5.32 Å². The molecule has 6 heteroatoms. The smallest absolute Gasteiger partial charge is 0.272 e. The molecule has 0 aliphatic rings. The van der Waals surface area contributed by atoms with Crippen LogP contribution in [-0.4, -0.2) is 16.1 Å². The Labute approximate surface area is 144 Å². The van der Waals surface area contributed by atoms with Crippen molar-refractivity contribution in [3.63, 3.8) is 0 Å². The third-order valence-corrected chi connectivity index (χ3v) is 3.70. The largest absolute Gasteiger partial charge is 0.346 e. The number of aromatic nitrogens is 2. The van der Waals surface area contributed by atoms with Crippen molar-refractivity contribution in [1.29, 1.82) is 0 Å². The highest BCUT2D eigenvalue weighted by atomic mass is 19.1. The minimum atomic E-state index is -0.404. The molecule has 3 rings (SSSR count). The van der Waals surface area contributed by atoms with Crippen LogP contribution in [0.15, 0.2) is 60.7 Å². The summed E-state index contributed by atoms with van der Waals surface area (Å²) in [6.45, 7) is 2.08. The molecule has 0 unspecified atom stereocenters. The maximum atomic E-state index is 13.5. The Morgan fingerprint density at radius 1 is 1.00 bits per heavy atom. The molecule has 0 aliphatic heterocycles. The van der Waals surface area contributed by atoms with Crippen molar-refractivity contribution in [1.82, 2.24) is 15.5 Å². The summed E-state index contributed by atoms with van der Waals surface area (Å²) < 4.78 is 13.5. The van der Waals surface area contributed by atoms with Crippen LogP contribution < -0.4 is 10.6 Å². The highest BCUT2D eigenvalue weighted by Gasteiger charge is 2.09. The molecule has 0 spiro atoms. The lowest BCUT2D eigenvalue weighted by Crippen LogP contribution is -2.24. The Morgan fingerprint density at radius 2 is 1.76 bits per heavy atom. The fraction of sp³-hybridized carbons (Fsp3) is 0.105. The monoisotopic (exact) mass is 336 g/mol. The molecule has 5 nitrogen and oxygen atoms in total. The number of carbonyl (C=O) groups is 1. The number of para-hydroxylation sites is 1. The molecule has 1 heterocycles. The molecule has 126 valence electrons. The number of anilines is 2. The first kappa shape index (κ1) is 16.6. The van der Waals surface area contributed by atoms with Gasteiger partial charge in [-0.3, -0.25) is 4.79 Å². The number of rotatable bonds is 5. The second-order valence-corrected chi connectivity index (χ2v) is 5.52. The van der Waals surface area contributed by atoms with Gasteiger partial charge in [-0.25, -0.2) is 4.39 Å². The molecule has 0 atom stereocenters. The molecular weight excluding hydrogens is 319 g/mol. The number of benzene rings is 2. The van der Waals surface area contributed by atoms with Crippen LogP contribution in [0.1, 0.15) is 21.6 Å². The first-order valence-electron chi connectivity index (χ1n) is 7.81. The van der Waals surface area contributed by atoms with E-state index in [0.29, 0.717) is 11.4 Å². The van der Waals surface area contributed by atoms with Gasteiger partial charge >= 0.3 is 0 Å². The minimum Gasteiger partial charge on any atom is -0.346 e. The van der Waals surface area contributed by atoms with Crippen molar-refractivity contribution in [2.45, 2.75) is 13.5 Å². The van der Waals surface area contributed by atoms with Crippen LogP contribution in [0, 0.1) is 12.7 Å². The van der Waals surface area contributed by atoms with Gasteiger partial charge < -0.3 is 10.6 Å². The van der Waals surface area contributed by atoms with Crippen molar-refractivity contribution in [3.05, 3.63) is 83.3 Å². The zero-order valence-electron chi connectivity index (χ0n) is 13.7. The number of hydrogen-bond acceptors (Lipinski definition) is 4. The van der Waals surface area contributed by atoms with E-state index in [1.807, 2.05) is 31.2 Å². The van der Waals surface area contributed by atoms with E-state index in [4.69, 9.17) is 0 Å². The Kier molecular flexibility index (Phi) is 4.99. The fourth-order valence-corrected chi connectivity index (χ4v) is 2.28. The van der Waals surface area contributed by atoms with E-state index >= 15 is 0 Å². The van der Waals surface area contributed by atoms with Crippen molar-refractivity contribution in [3.8, 4) is 0 Å². The highest BCUT2D eigenvalue weighted by Crippen LogP contribution is 2.18. The topological polar surface area (TPSA) is 66.9 Å². The van der Waals surface area contributed by atoms with E-state index in [0.717, 1.165) is 11.3 Å². The number of nitrogens with one attached hydrogen (secondary N) is 2. The minimum absolute atomic E-state index is 0.0936. The summed E-state index contributed by atoms with van der Waals surface area (Å²) in [6, 6.07) is 17.4. The number of nitrogens with zero attached hydrogens (tertiary/aromatic N) is 2. The van der Waals surface area contributed by atoms with Gasteiger partial charge in [0.2, 0.25) is 0 Å². The fourth-order valence-electron chi connectivity index (χ4n) is 2.28. The molecule has 0 fully saturated rings. The van der Waals surface area contributed by atoms with Crippen LogP contribution in [0.3, 0.4) is 0 Å². The third-order valence-electron chi connectivity index (χ3n) is 3.70. The maximum Gasteiger partial charge on any atom is 0.272 e. The average molecular weight is 336 g/mol. The molecule has 0 aliphatic carbocycles. The molecule has 1 aromatic heterocycles. The second kappa shape index (κ2) is 7.53. The molecule has 0 bridgehead atoms. The van der Waals surface area contributed by atoms with Gasteiger partial charge in [0.1, 0.15) is 5.82 Å². The zero-order valence-corrected chi connectivity index (χ0v) is 13.7. The van der Waals surface area contributed by atoms with Gasteiger partial charge in [0.25, 0.3) is 5.91 Å². The van der Waals surface area contributed by atoms with Crippen LogP contribution >= 0.6 is 0 Å². The maximum absolute atomic E-state index is 13.5. The number of halogens is 1. The SMILES string of the molecule is Cc1ccccc1Nc1ccc(C(=O)NCc2ccccc2F)nn1. The van der Waals surface area contributed by atoms with Gasteiger partial charge in [0, 0.05) is 17.8 Å². The molecule has 2 N–H and O–H groups in total. The number of amides is 1. The molecule has 0 saturated carbocycles.